The van der Waals surface area contributed by atoms with E-state index in [2.05, 4.69) is 0 Å². The van der Waals surface area contributed by atoms with Gasteiger partial charge in [-0.05, 0) is 41.0 Å². The van der Waals surface area contributed by atoms with Crippen LogP contribution in [0.3, 0.4) is 0 Å². The topological polar surface area (TPSA) is 37.4 Å². The molecule has 0 saturated carbocycles. The van der Waals surface area contributed by atoms with Gasteiger partial charge in [-0.3, -0.25) is 14.5 Å². The van der Waals surface area contributed by atoms with E-state index in [1.165, 1.54) is 23.1 Å². The molecule has 2 heterocycles. The first-order chi connectivity index (χ1) is 14.8. The molecule has 0 N–H and O–H groups in total. The van der Waals surface area contributed by atoms with Gasteiger partial charge in [-0.25, -0.2) is 0 Å². The van der Waals surface area contributed by atoms with Crippen LogP contribution in [0.25, 0.3) is 5.57 Å². The van der Waals surface area contributed by atoms with Crippen LogP contribution >= 0.6 is 0 Å². The van der Waals surface area contributed by atoms with Gasteiger partial charge >= 0.3 is 6.18 Å². The van der Waals surface area contributed by atoms with Crippen LogP contribution in [0.5, 0.6) is 0 Å². The summed E-state index contributed by atoms with van der Waals surface area (Å²) in [7, 11) is 0. The van der Waals surface area contributed by atoms with Crippen molar-refractivity contribution in [2.45, 2.75) is 18.1 Å². The molecule has 0 aliphatic carbocycles. The largest absolute Gasteiger partial charge is 0.416 e. The Hall–Kier alpha value is -3.67. The molecule has 0 bridgehead atoms. The number of benzene rings is 3. The maximum absolute atomic E-state index is 13.7. The minimum absolute atomic E-state index is 0.168. The summed E-state index contributed by atoms with van der Waals surface area (Å²) in [5.74, 6) is -0.566. The number of nitrogens with zero attached hydrogens (tertiary/aromatic N) is 1. The molecule has 31 heavy (non-hydrogen) atoms. The Kier molecular flexibility index (Phi) is 4.15. The number of anilines is 1. The lowest BCUT2D eigenvalue weighted by Crippen LogP contribution is -2.52. The Bertz CT molecular complexity index is 1230. The summed E-state index contributed by atoms with van der Waals surface area (Å²) >= 11 is 0. The molecule has 3 aromatic rings. The van der Waals surface area contributed by atoms with Gasteiger partial charge in [0.05, 0.1) is 11.3 Å². The smallest absolute Gasteiger partial charge is 0.291 e. The highest BCUT2D eigenvalue weighted by Gasteiger charge is 2.56. The van der Waals surface area contributed by atoms with E-state index in [-0.39, 0.29) is 18.1 Å². The van der Waals surface area contributed by atoms with E-state index in [0.717, 1.165) is 12.1 Å². The van der Waals surface area contributed by atoms with Gasteiger partial charge in [0, 0.05) is 18.1 Å². The van der Waals surface area contributed by atoms with Crippen LogP contribution in [-0.2, 0) is 16.5 Å². The van der Waals surface area contributed by atoms with Crippen molar-refractivity contribution in [2.75, 3.05) is 4.90 Å². The van der Waals surface area contributed by atoms with Crippen molar-refractivity contribution < 1.29 is 22.8 Å². The SMILES string of the molecule is O=C1C=C(c2ccc(C(F)(F)F)cc2)C[C@]2(c3ccccc3)C(=O)c3ccccc3N12. The summed E-state index contributed by atoms with van der Waals surface area (Å²) in [4.78, 5) is 28.5. The number of fused-ring (bicyclic) bond motifs is 3. The lowest BCUT2D eigenvalue weighted by molar-refractivity contribution is -0.137. The number of carbonyl (C=O) groups excluding carboxylic acids is 2. The molecule has 5 rings (SSSR count). The lowest BCUT2D eigenvalue weighted by atomic mass is 9.76. The van der Waals surface area contributed by atoms with Crippen LogP contribution in [0.1, 0.15) is 33.5 Å². The van der Waals surface area contributed by atoms with Gasteiger partial charge in [-0.15, -0.1) is 0 Å². The molecule has 3 aromatic carbocycles. The molecule has 154 valence electrons. The first-order valence-electron chi connectivity index (χ1n) is 9.74. The van der Waals surface area contributed by atoms with E-state index in [0.29, 0.717) is 28.0 Å². The highest BCUT2D eigenvalue weighted by Crippen LogP contribution is 2.52. The second-order valence-corrected chi connectivity index (χ2v) is 7.67. The van der Waals surface area contributed by atoms with Crippen LogP contribution in [0, 0.1) is 0 Å². The number of carbonyl (C=O) groups is 2. The highest BCUT2D eigenvalue weighted by atomic mass is 19.4. The van der Waals surface area contributed by atoms with E-state index in [4.69, 9.17) is 0 Å². The summed E-state index contributed by atoms with van der Waals surface area (Å²) in [6.07, 6.45) is -2.86. The molecule has 2 aliphatic rings. The van der Waals surface area contributed by atoms with Crippen LogP contribution in [0.2, 0.25) is 0 Å². The summed E-state index contributed by atoms with van der Waals surface area (Å²) in [6, 6.07) is 20.7. The van der Waals surface area contributed by atoms with E-state index >= 15 is 0 Å². The maximum atomic E-state index is 13.7. The minimum atomic E-state index is -4.44. The predicted molar refractivity (Wildman–Crippen MR) is 110 cm³/mol. The van der Waals surface area contributed by atoms with Gasteiger partial charge in [-0.1, -0.05) is 54.6 Å². The standard InChI is InChI=1S/C25H16F3NO2/c26-25(27,28)19-12-10-16(11-13-19)17-14-22(30)29-21-9-5-4-8-20(21)23(31)24(29,15-17)18-6-2-1-3-7-18/h1-14H,15H2/t24-/m0/s1. The zero-order chi connectivity index (χ0) is 21.8. The molecule has 0 fully saturated rings. The predicted octanol–water partition coefficient (Wildman–Crippen LogP) is 5.62. The minimum Gasteiger partial charge on any atom is -0.291 e. The fraction of sp³-hybridized carbons (Fsp3) is 0.120. The van der Waals surface area contributed by atoms with Gasteiger partial charge in [0.1, 0.15) is 5.54 Å². The first kappa shape index (κ1) is 19.3. The first-order valence-corrected chi connectivity index (χ1v) is 9.74. The van der Waals surface area contributed by atoms with E-state index in [1.54, 1.807) is 48.5 Å². The molecule has 0 aromatic heterocycles. The summed E-state index contributed by atoms with van der Waals surface area (Å²) in [6.45, 7) is 0. The maximum Gasteiger partial charge on any atom is 0.416 e. The molecular weight excluding hydrogens is 403 g/mol. The summed E-state index contributed by atoms with van der Waals surface area (Å²) in [5.41, 5.74) is 0.658. The number of amides is 1. The van der Waals surface area contributed by atoms with Gasteiger partial charge in [-0.2, -0.15) is 13.2 Å². The number of hydrogen-bond acceptors (Lipinski definition) is 2. The number of para-hydroxylation sites is 1. The van der Waals surface area contributed by atoms with Crippen LogP contribution < -0.4 is 4.90 Å². The van der Waals surface area contributed by atoms with Crippen molar-refractivity contribution in [2.24, 2.45) is 0 Å². The highest BCUT2D eigenvalue weighted by molar-refractivity contribution is 6.25. The van der Waals surface area contributed by atoms with Gasteiger partial charge in [0.2, 0.25) is 0 Å². The molecule has 0 radical (unpaired) electrons. The normalized spacial score (nSPS) is 20.4. The molecule has 0 saturated heterocycles. The van der Waals surface area contributed by atoms with Gasteiger partial charge < -0.3 is 0 Å². The Labute approximate surface area is 176 Å². The van der Waals surface area contributed by atoms with Crippen molar-refractivity contribution in [3.63, 3.8) is 0 Å². The quantitative estimate of drug-likeness (QED) is 0.541. The third-order valence-corrected chi connectivity index (χ3v) is 5.95. The van der Waals surface area contributed by atoms with Crippen molar-refractivity contribution in [3.05, 3.63) is 107 Å². The van der Waals surface area contributed by atoms with Crippen molar-refractivity contribution in [1.82, 2.24) is 0 Å². The third-order valence-electron chi connectivity index (χ3n) is 5.95. The Morgan fingerprint density at radius 2 is 1.45 bits per heavy atom. The second-order valence-electron chi connectivity index (χ2n) is 7.67. The molecular formula is C25H16F3NO2. The van der Waals surface area contributed by atoms with Gasteiger partial charge in [0.25, 0.3) is 5.91 Å². The molecule has 2 aliphatic heterocycles. The van der Waals surface area contributed by atoms with Crippen molar-refractivity contribution in [1.29, 1.82) is 0 Å². The van der Waals surface area contributed by atoms with Gasteiger partial charge in [0.15, 0.2) is 5.78 Å². The van der Waals surface area contributed by atoms with Crippen molar-refractivity contribution >= 4 is 23.0 Å². The zero-order valence-electron chi connectivity index (χ0n) is 16.2. The number of ketones is 1. The zero-order valence-corrected chi connectivity index (χ0v) is 16.2. The Morgan fingerprint density at radius 3 is 2.13 bits per heavy atom. The van der Waals surface area contributed by atoms with Crippen LogP contribution in [0.4, 0.5) is 18.9 Å². The molecule has 0 spiro atoms. The summed E-state index contributed by atoms with van der Waals surface area (Å²) < 4.78 is 38.9. The number of hydrogen-bond donors (Lipinski definition) is 0. The Morgan fingerprint density at radius 1 is 0.806 bits per heavy atom. The number of alkyl halides is 3. The van der Waals surface area contributed by atoms with Crippen LogP contribution in [-0.4, -0.2) is 11.7 Å². The Balaban J connectivity index is 1.67. The monoisotopic (exact) mass is 419 g/mol. The number of halogens is 3. The van der Waals surface area contributed by atoms with Crippen LogP contribution in [0.15, 0.2) is 84.9 Å². The molecule has 1 amide bonds. The fourth-order valence-electron chi connectivity index (χ4n) is 4.53. The van der Waals surface area contributed by atoms with E-state index in [1.807, 2.05) is 6.07 Å². The second kappa shape index (κ2) is 6.67. The average Bonchev–Trinajstić information content (AvgIpc) is 3.04. The lowest BCUT2D eigenvalue weighted by Gasteiger charge is -2.41. The molecule has 3 nitrogen and oxygen atoms in total. The van der Waals surface area contributed by atoms with E-state index in [9.17, 15) is 22.8 Å². The van der Waals surface area contributed by atoms with Crippen molar-refractivity contribution in [3.8, 4) is 0 Å². The fourth-order valence-corrected chi connectivity index (χ4v) is 4.53. The third kappa shape index (κ3) is 2.82. The number of rotatable bonds is 2. The van der Waals surface area contributed by atoms with E-state index < -0.39 is 17.3 Å². The summed E-state index contributed by atoms with van der Waals surface area (Å²) in [5, 5.41) is 0. The molecule has 6 heteroatoms. The average molecular weight is 419 g/mol. The molecule has 1 atom stereocenters. The molecule has 0 unspecified atom stereocenters. The number of Topliss-reactive ketones (excluding diaryl/α,β-unsaturated/α-hetero) is 1.